The molecule has 0 aliphatic carbocycles. The molecule has 2 nitrogen and oxygen atoms in total. The topological polar surface area (TPSA) is 20.3 Å². The molecule has 15 heavy (non-hydrogen) atoms. The first-order valence-electron chi connectivity index (χ1n) is 5.00. The highest BCUT2D eigenvalue weighted by atomic mass is 19.1. The Morgan fingerprint density at radius 3 is 2.73 bits per heavy atom. The van der Waals surface area contributed by atoms with Crippen molar-refractivity contribution >= 4 is 11.6 Å². The number of hydrogen-bond acceptors (Lipinski definition) is 1. The molecule has 3 heteroatoms. The van der Waals surface area contributed by atoms with Crippen LogP contribution in [0.25, 0.3) is 0 Å². The average molecular weight is 207 g/mol. The van der Waals surface area contributed by atoms with E-state index in [2.05, 4.69) is 0 Å². The van der Waals surface area contributed by atoms with Crippen LogP contribution in [-0.2, 0) is 10.2 Å². The van der Waals surface area contributed by atoms with Crippen LogP contribution < -0.4 is 4.90 Å². The van der Waals surface area contributed by atoms with Crippen molar-refractivity contribution in [2.24, 2.45) is 0 Å². The molecule has 1 amide bonds. The van der Waals surface area contributed by atoms with Crippen LogP contribution in [0.15, 0.2) is 18.2 Å². The molecule has 0 unspecified atom stereocenters. The van der Waals surface area contributed by atoms with Crippen LogP contribution in [0.5, 0.6) is 0 Å². The number of carbonyl (C=O) groups is 1. The van der Waals surface area contributed by atoms with Crippen molar-refractivity contribution in [3.05, 3.63) is 29.6 Å². The van der Waals surface area contributed by atoms with Gasteiger partial charge in [-0.25, -0.2) is 4.39 Å². The predicted octanol–water partition coefficient (Wildman–Crippen LogP) is 2.47. The maximum Gasteiger partial charge on any atom is 0.223 e. The summed E-state index contributed by atoms with van der Waals surface area (Å²) in [5.41, 5.74) is 1.07. The molecule has 2 rings (SSSR count). The maximum absolute atomic E-state index is 13.7. The summed E-state index contributed by atoms with van der Waals surface area (Å²) in [6.45, 7) is 5.98. The van der Waals surface area contributed by atoms with Gasteiger partial charge in [0.1, 0.15) is 5.82 Å². The van der Waals surface area contributed by atoms with Crippen molar-refractivity contribution < 1.29 is 9.18 Å². The summed E-state index contributed by atoms with van der Waals surface area (Å²) in [6, 6.07) is 4.89. The summed E-state index contributed by atoms with van der Waals surface area (Å²) in [4.78, 5) is 13.0. The fourth-order valence-corrected chi connectivity index (χ4v) is 2.25. The lowest BCUT2D eigenvalue weighted by Crippen LogP contribution is -2.32. The van der Waals surface area contributed by atoms with Crippen LogP contribution in [0.1, 0.15) is 26.3 Å². The van der Waals surface area contributed by atoms with Gasteiger partial charge in [0, 0.05) is 24.4 Å². The first kappa shape index (κ1) is 10.1. The minimum Gasteiger partial charge on any atom is -0.311 e. The molecule has 0 saturated heterocycles. The molecule has 0 saturated carbocycles. The molecular weight excluding hydrogens is 193 g/mol. The van der Waals surface area contributed by atoms with E-state index in [0.717, 1.165) is 0 Å². The van der Waals surface area contributed by atoms with Gasteiger partial charge < -0.3 is 4.90 Å². The smallest absolute Gasteiger partial charge is 0.223 e. The van der Waals surface area contributed by atoms with Crippen molar-refractivity contribution in [3.63, 3.8) is 0 Å². The number of rotatable bonds is 0. The molecule has 1 aliphatic heterocycles. The Hall–Kier alpha value is -1.38. The Morgan fingerprint density at radius 2 is 2.13 bits per heavy atom. The molecule has 80 valence electrons. The molecule has 0 spiro atoms. The number of hydrogen-bond donors (Lipinski definition) is 0. The number of nitrogens with zero attached hydrogens (tertiary/aromatic N) is 1. The molecule has 0 aromatic heterocycles. The molecule has 0 radical (unpaired) electrons. The summed E-state index contributed by atoms with van der Waals surface area (Å²) in [5, 5.41) is 0. The third kappa shape index (κ3) is 1.42. The summed E-state index contributed by atoms with van der Waals surface area (Å²) in [6.07, 6.45) is 0. The number of halogens is 1. The Bertz CT molecular complexity index is 426. The lowest BCUT2D eigenvalue weighted by Gasteiger charge is -2.19. The monoisotopic (exact) mass is 207 g/mol. The second-order valence-corrected chi connectivity index (χ2v) is 4.62. The summed E-state index contributed by atoms with van der Waals surface area (Å²) in [5.74, 6) is -0.256. The van der Waals surface area contributed by atoms with Gasteiger partial charge in [-0.05, 0) is 12.1 Å². The maximum atomic E-state index is 13.7. The quantitative estimate of drug-likeness (QED) is 0.640. The van der Waals surface area contributed by atoms with E-state index < -0.39 is 0 Å². The van der Waals surface area contributed by atoms with Gasteiger partial charge in [-0.1, -0.05) is 19.9 Å². The minimum absolute atomic E-state index is 0.0348. The van der Waals surface area contributed by atoms with Crippen molar-refractivity contribution in [1.29, 1.82) is 0 Å². The van der Waals surface area contributed by atoms with Crippen LogP contribution in [-0.4, -0.2) is 12.5 Å². The Balaban J connectivity index is 2.63. The van der Waals surface area contributed by atoms with Gasteiger partial charge in [0.25, 0.3) is 0 Å². The second kappa shape index (κ2) is 3.05. The highest BCUT2D eigenvalue weighted by Crippen LogP contribution is 2.41. The molecular formula is C12H14FNO. The first-order valence-corrected chi connectivity index (χ1v) is 5.00. The van der Waals surface area contributed by atoms with E-state index >= 15 is 0 Å². The van der Waals surface area contributed by atoms with Gasteiger partial charge in [0.05, 0.1) is 5.69 Å². The van der Waals surface area contributed by atoms with E-state index in [9.17, 15) is 9.18 Å². The third-order valence-electron chi connectivity index (χ3n) is 2.89. The molecule has 0 bridgehead atoms. The fraction of sp³-hybridized carbons (Fsp3) is 0.417. The lowest BCUT2D eigenvalue weighted by molar-refractivity contribution is -0.116. The van der Waals surface area contributed by atoms with E-state index in [1.165, 1.54) is 13.0 Å². The van der Waals surface area contributed by atoms with Crippen LogP contribution in [0.2, 0.25) is 0 Å². The van der Waals surface area contributed by atoms with Gasteiger partial charge in [0.2, 0.25) is 5.91 Å². The Morgan fingerprint density at radius 1 is 1.47 bits per heavy atom. The highest BCUT2D eigenvalue weighted by molar-refractivity contribution is 5.94. The fourth-order valence-electron chi connectivity index (χ4n) is 2.25. The number of benzene rings is 1. The minimum atomic E-state index is -0.299. The Labute approximate surface area is 88.7 Å². The summed E-state index contributed by atoms with van der Waals surface area (Å²) < 4.78 is 13.7. The van der Waals surface area contributed by atoms with E-state index in [1.807, 2.05) is 13.8 Å². The zero-order valence-electron chi connectivity index (χ0n) is 9.17. The number of anilines is 1. The van der Waals surface area contributed by atoms with Gasteiger partial charge in [0.15, 0.2) is 0 Å². The SMILES string of the molecule is CC(=O)N1CC(C)(C)c2c(F)cccc21. The van der Waals surface area contributed by atoms with Gasteiger partial charge in [-0.3, -0.25) is 4.79 Å². The van der Waals surface area contributed by atoms with E-state index in [1.54, 1.807) is 17.0 Å². The highest BCUT2D eigenvalue weighted by Gasteiger charge is 2.38. The van der Waals surface area contributed by atoms with E-state index in [-0.39, 0.29) is 17.1 Å². The number of carbonyl (C=O) groups excluding carboxylic acids is 1. The van der Waals surface area contributed by atoms with Crippen molar-refractivity contribution in [3.8, 4) is 0 Å². The lowest BCUT2D eigenvalue weighted by atomic mass is 9.86. The third-order valence-corrected chi connectivity index (χ3v) is 2.89. The van der Waals surface area contributed by atoms with Crippen LogP contribution in [0.3, 0.4) is 0 Å². The molecule has 1 aromatic rings. The van der Waals surface area contributed by atoms with E-state index in [4.69, 9.17) is 0 Å². The zero-order valence-corrected chi connectivity index (χ0v) is 9.17. The van der Waals surface area contributed by atoms with Crippen LogP contribution in [0, 0.1) is 5.82 Å². The molecule has 0 N–H and O–H groups in total. The largest absolute Gasteiger partial charge is 0.311 e. The zero-order chi connectivity index (χ0) is 11.2. The molecule has 1 aromatic carbocycles. The number of amides is 1. The molecule has 1 aliphatic rings. The average Bonchev–Trinajstić information content (AvgIpc) is 2.39. The predicted molar refractivity (Wildman–Crippen MR) is 57.5 cm³/mol. The van der Waals surface area contributed by atoms with Crippen LogP contribution in [0.4, 0.5) is 10.1 Å². The van der Waals surface area contributed by atoms with Crippen molar-refractivity contribution in [2.45, 2.75) is 26.2 Å². The molecule has 0 atom stereocenters. The van der Waals surface area contributed by atoms with Gasteiger partial charge in [-0.2, -0.15) is 0 Å². The molecule has 0 fully saturated rings. The summed E-state index contributed by atoms with van der Waals surface area (Å²) in [7, 11) is 0. The first-order chi connectivity index (χ1) is 6.93. The van der Waals surface area contributed by atoms with Gasteiger partial charge in [-0.15, -0.1) is 0 Å². The standard InChI is InChI=1S/C12H14FNO/c1-8(15)14-7-12(2,3)11-9(13)5-4-6-10(11)14/h4-6H,7H2,1-3H3. The molecule has 1 heterocycles. The normalized spacial score (nSPS) is 17.7. The van der Waals surface area contributed by atoms with Crippen molar-refractivity contribution in [1.82, 2.24) is 0 Å². The van der Waals surface area contributed by atoms with Crippen molar-refractivity contribution in [2.75, 3.05) is 11.4 Å². The number of fused-ring (bicyclic) bond motifs is 1. The van der Waals surface area contributed by atoms with Gasteiger partial charge >= 0.3 is 0 Å². The van der Waals surface area contributed by atoms with Crippen LogP contribution >= 0.6 is 0 Å². The second-order valence-electron chi connectivity index (χ2n) is 4.62. The Kier molecular flexibility index (Phi) is 2.07. The summed E-state index contributed by atoms with van der Waals surface area (Å²) >= 11 is 0. The van der Waals surface area contributed by atoms with E-state index in [0.29, 0.717) is 17.8 Å².